The molecule has 0 spiro atoms. The van der Waals surface area contributed by atoms with Gasteiger partial charge in [-0.25, -0.2) is 4.39 Å². The Kier molecular flexibility index (Phi) is 7.42. The molecule has 1 aliphatic heterocycles. The van der Waals surface area contributed by atoms with Crippen molar-refractivity contribution < 1.29 is 23.5 Å². The summed E-state index contributed by atoms with van der Waals surface area (Å²) in [5.74, 6) is 0.566. The number of fused-ring (bicyclic) bond motifs is 1. The van der Waals surface area contributed by atoms with E-state index in [1.165, 1.54) is 12.1 Å². The zero-order valence-corrected chi connectivity index (χ0v) is 19.0. The number of hydrogen-bond acceptors (Lipinski definition) is 4. The molecule has 34 heavy (non-hydrogen) atoms. The summed E-state index contributed by atoms with van der Waals surface area (Å²) in [4.78, 5) is 28.0. The van der Waals surface area contributed by atoms with Crippen molar-refractivity contribution in [1.29, 1.82) is 0 Å². The summed E-state index contributed by atoms with van der Waals surface area (Å²) >= 11 is 0. The predicted octanol–water partition coefficient (Wildman–Crippen LogP) is 4.22. The summed E-state index contributed by atoms with van der Waals surface area (Å²) in [5, 5.41) is 2.98. The molecule has 3 aromatic carbocycles. The van der Waals surface area contributed by atoms with Gasteiger partial charge in [0, 0.05) is 25.9 Å². The van der Waals surface area contributed by atoms with Crippen LogP contribution in [0, 0.1) is 5.82 Å². The maximum Gasteiger partial charge on any atom is 0.243 e. The molecule has 7 heteroatoms. The molecule has 0 saturated carbocycles. The summed E-state index contributed by atoms with van der Waals surface area (Å²) in [6, 6.07) is 20.4. The molecular weight excluding hydrogens is 435 g/mol. The van der Waals surface area contributed by atoms with E-state index in [2.05, 4.69) is 5.32 Å². The Morgan fingerprint density at radius 2 is 1.65 bits per heavy atom. The zero-order chi connectivity index (χ0) is 23.9. The molecule has 0 saturated heterocycles. The van der Waals surface area contributed by atoms with Crippen LogP contribution in [0.5, 0.6) is 11.5 Å². The number of amides is 2. The third kappa shape index (κ3) is 5.73. The number of carbonyl (C=O) groups is 2. The Labute approximate surface area is 198 Å². The van der Waals surface area contributed by atoms with Crippen molar-refractivity contribution in [1.82, 2.24) is 10.2 Å². The van der Waals surface area contributed by atoms with Gasteiger partial charge in [-0.2, -0.15) is 0 Å². The van der Waals surface area contributed by atoms with Crippen LogP contribution >= 0.6 is 0 Å². The van der Waals surface area contributed by atoms with Gasteiger partial charge in [-0.1, -0.05) is 55.5 Å². The fraction of sp³-hybridized carbons (Fsp3) is 0.259. The zero-order valence-electron chi connectivity index (χ0n) is 19.0. The lowest BCUT2D eigenvalue weighted by atomic mass is 10.0. The lowest BCUT2D eigenvalue weighted by molar-refractivity contribution is -0.141. The van der Waals surface area contributed by atoms with E-state index in [-0.39, 0.29) is 43.9 Å². The van der Waals surface area contributed by atoms with E-state index in [1.54, 1.807) is 24.0 Å². The monoisotopic (exact) mass is 462 g/mol. The van der Waals surface area contributed by atoms with Crippen LogP contribution in [0.15, 0.2) is 72.8 Å². The average molecular weight is 463 g/mol. The fourth-order valence-corrected chi connectivity index (χ4v) is 3.90. The molecule has 176 valence electrons. The number of nitrogens with one attached hydrogen (secondary N) is 1. The highest BCUT2D eigenvalue weighted by Gasteiger charge is 2.29. The summed E-state index contributed by atoms with van der Waals surface area (Å²) in [6.45, 7) is 2.44. The van der Waals surface area contributed by atoms with E-state index in [0.29, 0.717) is 17.9 Å². The maximum atomic E-state index is 13.4. The van der Waals surface area contributed by atoms with Gasteiger partial charge in [0.15, 0.2) is 11.5 Å². The van der Waals surface area contributed by atoms with Gasteiger partial charge in [-0.05, 0) is 41.0 Å². The topological polar surface area (TPSA) is 67.9 Å². The molecule has 3 aromatic rings. The number of halogens is 1. The highest BCUT2D eigenvalue weighted by atomic mass is 19.1. The highest BCUT2D eigenvalue weighted by molar-refractivity contribution is 5.88. The lowest BCUT2D eigenvalue weighted by Gasteiger charge is -2.31. The Morgan fingerprint density at radius 3 is 2.38 bits per heavy atom. The van der Waals surface area contributed by atoms with E-state index < -0.39 is 6.04 Å². The molecule has 0 unspecified atom stereocenters. The van der Waals surface area contributed by atoms with Crippen molar-refractivity contribution in [3.8, 4) is 11.5 Å². The van der Waals surface area contributed by atoms with Crippen LogP contribution in [0.3, 0.4) is 0 Å². The standard InChI is InChI=1S/C27H27FN2O4/c1-2-26(31)30(17-20-8-11-22(28)12-9-20)23(14-19-6-4-3-5-7-19)27(32)29-16-21-10-13-24-25(15-21)34-18-33-24/h3-13,15,23H,2,14,16-18H2,1H3,(H,29,32)/t23-/m1/s1. The average Bonchev–Trinajstić information content (AvgIpc) is 3.34. The number of ether oxygens (including phenoxy) is 2. The van der Waals surface area contributed by atoms with Crippen LogP contribution in [0.4, 0.5) is 4.39 Å². The summed E-state index contributed by atoms with van der Waals surface area (Å²) < 4.78 is 24.2. The van der Waals surface area contributed by atoms with Gasteiger partial charge in [0.05, 0.1) is 0 Å². The highest BCUT2D eigenvalue weighted by Crippen LogP contribution is 2.32. The molecule has 1 N–H and O–H groups in total. The van der Waals surface area contributed by atoms with Crippen molar-refractivity contribution in [2.75, 3.05) is 6.79 Å². The molecule has 0 aliphatic carbocycles. The second kappa shape index (κ2) is 10.8. The minimum absolute atomic E-state index is 0.150. The summed E-state index contributed by atoms with van der Waals surface area (Å²) in [6.07, 6.45) is 0.614. The first-order chi connectivity index (χ1) is 16.5. The van der Waals surface area contributed by atoms with Crippen LogP contribution in [0.2, 0.25) is 0 Å². The van der Waals surface area contributed by atoms with Crippen molar-refractivity contribution in [3.63, 3.8) is 0 Å². The number of carbonyl (C=O) groups excluding carboxylic acids is 2. The number of nitrogens with zero attached hydrogens (tertiary/aromatic N) is 1. The van der Waals surface area contributed by atoms with Crippen LogP contribution in [-0.2, 0) is 29.1 Å². The second-order valence-electron chi connectivity index (χ2n) is 8.11. The molecule has 2 amide bonds. The first-order valence-corrected chi connectivity index (χ1v) is 11.3. The van der Waals surface area contributed by atoms with Gasteiger partial charge in [-0.15, -0.1) is 0 Å². The summed E-state index contributed by atoms with van der Waals surface area (Å²) in [7, 11) is 0. The molecule has 1 aliphatic rings. The maximum absolute atomic E-state index is 13.4. The molecule has 0 aromatic heterocycles. The van der Waals surface area contributed by atoms with E-state index in [0.717, 1.165) is 16.7 Å². The van der Waals surface area contributed by atoms with Crippen LogP contribution in [0.25, 0.3) is 0 Å². The number of hydrogen-bond donors (Lipinski definition) is 1. The van der Waals surface area contributed by atoms with Crippen LogP contribution in [0.1, 0.15) is 30.0 Å². The van der Waals surface area contributed by atoms with Gasteiger partial charge >= 0.3 is 0 Å². The van der Waals surface area contributed by atoms with Crippen LogP contribution in [-0.4, -0.2) is 29.5 Å². The van der Waals surface area contributed by atoms with Gasteiger partial charge in [-0.3, -0.25) is 9.59 Å². The first kappa shape index (κ1) is 23.3. The van der Waals surface area contributed by atoms with E-state index in [9.17, 15) is 14.0 Å². The van der Waals surface area contributed by atoms with E-state index >= 15 is 0 Å². The van der Waals surface area contributed by atoms with Gasteiger partial charge in [0.2, 0.25) is 18.6 Å². The van der Waals surface area contributed by atoms with E-state index in [4.69, 9.17) is 9.47 Å². The normalized spacial score (nSPS) is 12.8. The third-order valence-corrected chi connectivity index (χ3v) is 5.74. The Morgan fingerprint density at radius 1 is 0.941 bits per heavy atom. The molecule has 1 atom stereocenters. The van der Waals surface area contributed by atoms with Gasteiger partial charge in [0.25, 0.3) is 0 Å². The second-order valence-corrected chi connectivity index (χ2v) is 8.11. The molecule has 0 fully saturated rings. The summed E-state index contributed by atoms with van der Waals surface area (Å²) in [5.41, 5.74) is 2.56. The number of benzene rings is 3. The minimum atomic E-state index is -0.728. The molecule has 4 rings (SSSR count). The van der Waals surface area contributed by atoms with Crippen LogP contribution < -0.4 is 14.8 Å². The van der Waals surface area contributed by atoms with Crippen molar-refractivity contribution in [2.45, 2.75) is 38.9 Å². The molecular formula is C27H27FN2O4. The van der Waals surface area contributed by atoms with Crippen molar-refractivity contribution in [3.05, 3.63) is 95.3 Å². The first-order valence-electron chi connectivity index (χ1n) is 11.3. The quantitative estimate of drug-likeness (QED) is 0.517. The molecule has 1 heterocycles. The minimum Gasteiger partial charge on any atom is -0.454 e. The Balaban J connectivity index is 1.56. The third-order valence-electron chi connectivity index (χ3n) is 5.74. The Bertz CT molecular complexity index is 1140. The lowest BCUT2D eigenvalue weighted by Crippen LogP contribution is -2.50. The predicted molar refractivity (Wildman–Crippen MR) is 126 cm³/mol. The fourth-order valence-electron chi connectivity index (χ4n) is 3.90. The SMILES string of the molecule is CCC(=O)N(Cc1ccc(F)cc1)[C@H](Cc1ccccc1)C(=O)NCc1ccc2c(c1)OCO2. The van der Waals surface area contributed by atoms with Crippen molar-refractivity contribution >= 4 is 11.8 Å². The van der Waals surface area contributed by atoms with Crippen molar-refractivity contribution in [2.24, 2.45) is 0 Å². The Hall–Kier alpha value is -3.87. The van der Waals surface area contributed by atoms with Gasteiger partial charge < -0.3 is 19.7 Å². The molecule has 0 bridgehead atoms. The smallest absolute Gasteiger partial charge is 0.243 e. The largest absolute Gasteiger partial charge is 0.454 e. The van der Waals surface area contributed by atoms with E-state index in [1.807, 2.05) is 48.5 Å². The molecule has 0 radical (unpaired) electrons. The molecule has 6 nitrogen and oxygen atoms in total. The number of rotatable bonds is 9. The van der Waals surface area contributed by atoms with Gasteiger partial charge in [0.1, 0.15) is 11.9 Å².